The van der Waals surface area contributed by atoms with Gasteiger partial charge in [0.25, 0.3) is 0 Å². The lowest BCUT2D eigenvalue weighted by Crippen LogP contribution is -2.08. The molecule has 0 spiro atoms. The number of hydrogen-bond acceptors (Lipinski definition) is 3. The van der Waals surface area contributed by atoms with E-state index in [1.165, 1.54) is 0 Å². The highest BCUT2D eigenvalue weighted by Crippen LogP contribution is 2.17. The summed E-state index contributed by atoms with van der Waals surface area (Å²) in [7, 11) is 0. The Hall–Kier alpha value is -1.48. The summed E-state index contributed by atoms with van der Waals surface area (Å²) in [6, 6.07) is 6.09. The van der Waals surface area contributed by atoms with Crippen LogP contribution in [-0.4, -0.2) is 9.97 Å². The van der Waals surface area contributed by atoms with Gasteiger partial charge in [0, 0.05) is 18.4 Å². The van der Waals surface area contributed by atoms with Crippen LogP contribution in [0.1, 0.15) is 24.9 Å². The second kappa shape index (κ2) is 3.72. The molecule has 3 heteroatoms. The summed E-state index contributed by atoms with van der Waals surface area (Å²) < 4.78 is 0. The van der Waals surface area contributed by atoms with E-state index < -0.39 is 0 Å². The monoisotopic (exact) mass is 187 g/mol. The van der Waals surface area contributed by atoms with Gasteiger partial charge in [0.15, 0.2) is 0 Å². The van der Waals surface area contributed by atoms with Gasteiger partial charge in [-0.2, -0.15) is 0 Å². The van der Waals surface area contributed by atoms with Gasteiger partial charge in [0.1, 0.15) is 0 Å². The predicted molar refractivity (Wildman–Crippen MR) is 56.8 cm³/mol. The van der Waals surface area contributed by atoms with Crippen molar-refractivity contribution in [1.82, 2.24) is 9.97 Å². The molecular weight excluding hydrogens is 174 g/mol. The summed E-state index contributed by atoms with van der Waals surface area (Å²) in [5.41, 5.74) is 8.89. The van der Waals surface area contributed by atoms with Crippen molar-refractivity contribution in [2.75, 3.05) is 0 Å². The third-order valence-electron chi connectivity index (χ3n) is 2.36. The first-order chi connectivity index (χ1) is 6.81. The van der Waals surface area contributed by atoms with Crippen molar-refractivity contribution < 1.29 is 0 Å². The first-order valence-corrected chi connectivity index (χ1v) is 4.77. The number of aromatic nitrogens is 2. The highest BCUT2D eigenvalue weighted by Gasteiger charge is 2.04. The SMILES string of the molecule is CC[C@@H](N)c1ccc2nccnc2c1. The Bertz CT molecular complexity index is 439. The van der Waals surface area contributed by atoms with E-state index in [1.54, 1.807) is 12.4 Å². The van der Waals surface area contributed by atoms with Gasteiger partial charge >= 0.3 is 0 Å². The fraction of sp³-hybridized carbons (Fsp3) is 0.273. The van der Waals surface area contributed by atoms with Gasteiger partial charge in [0.2, 0.25) is 0 Å². The summed E-state index contributed by atoms with van der Waals surface area (Å²) in [6.45, 7) is 2.07. The van der Waals surface area contributed by atoms with E-state index in [9.17, 15) is 0 Å². The van der Waals surface area contributed by atoms with Gasteiger partial charge < -0.3 is 5.73 Å². The molecule has 72 valence electrons. The quantitative estimate of drug-likeness (QED) is 0.782. The van der Waals surface area contributed by atoms with E-state index in [-0.39, 0.29) is 6.04 Å². The van der Waals surface area contributed by atoms with Gasteiger partial charge in [-0.3, -0.25) is 9.97 Å². The van der Waals surface area contributed by atoms with E-state index in [0.29, 0.717) is 0 Å². The van der Waals surface area contributed by atoms with E-state index in [0.717, 1.165) is 23.0 Å². The minimum absolute atomic E-state index is 0.0985. The van der Waals surface area contributed by atoms with Crippen LogP contribution >= 0.6 is 0 Å². The van der Waals surface area contributed by atoms with Crippen LogP contribution in [0.5, 0.6) is 0 Å². The highest BCUT2D eigenvalue weighted by molar-refractivity contribution is 5.74. The molecule has 0 fully saturated rings. The van der Waals surface area contributed by atoms with Crippen molar-refractivity contribution in [3.05, 3.63) is 36.2 Å². The maximum Gasteiger partial charge on any atom is 0.0890 e. The number of benzene rings is 1. The maximum atomic E-state index is 5.94. The average molecular weight is 187 g/mol. The molecule has 3 nitrogen and oxygen atoms in total. The molecule has 1 aromatic heterocycles. The van der Waals surface area contributed by atoms with Crippen LogP contribution in [0.2, 0.25) is 0 Å². The van der Waals surface area contributed by atoms with Crippen molar-refractivity contribution >= 4 is 11.0 Å². The molecule has 0 aliphatic carbocycles. The third-order valence-corrected chi connectivity index (χ3v) is 2.36. The number of fused-ring (bicyclic) bond motifs is 1. The minimum Gasteiger partial charge on any atom is -0.324 e. The van der Waals surface area contributed by atoms with Crippen LogP contribution in [0.15, 0.2) is 30.6 Å². The lowest BCUT2D eigenvalue weighted by Gasteiger charge is -2.08. The van der Waals surface area contributed by atoms with Gasteiger partial charge in [0.05, 0.1) is 11.0 Å². The third kappa shape index (κ3) is 1.59. The van der Waals surface area contributed by atoms with Crippen LogP contribution in [-0.2, 0) is 0 Å². The van der Waals surface area contributed by atoms with Crippen molar-refractivity contribution in [2.24, 2.45) is 5.73 Å². The number of nitrogens with two attached hydrogens (primary N) is 1. The van der Waals surface area contributed by atoms with E-state index in [1.807, 2.05) is 18.2 Å². The Morgan fingerprint density at radius 1 is 1.21 bits per heavy atom. The number of hydrogen-bond donors (Lipinski definition) is 1. The van der Waals surface area contributed by atoms with Crippen molar-refractivity contribution in [3.63, 3.8) is 0 Å². The molecule has 0 saturated heterocycles. The first-order valence-electron chi connectivity index (χ1n) is 4.77. The van der Waals surface area contributed by atoms with Crippen molar-refractivity contribution in [1.29, 1.82) is 0 Å². The second-order valence-corrected chi connectivity index (χ2v) is 3.32. The van der Waals surface area contributed by atoms with Crippen LogP contribution in [0.4, 0.5) is 0 Å². The molecule has 0 saturated carbocycles. The Balaban J connectivity index is 2.51. The van der Waals surface area contributed by atoms with Crippen molar-refractivity contribution in [3.8, 4) is 0 Å². The fourth-order valence-corrected chi connectivity index (χ4v) is 1.45. The zero-order chi connectivity index (χ0) is 9.97. The van der Waals surface area contributed by atoms with Crippen molar-refractivity contribution in [2.45, 2.75) is 19.4 Å². The molecular formula is C11H13N3. The first kappa shape index (κ1) is 9.09. The largest absolute Gasteiger partial charge is 0.324 e. The summed E-state index contributed by atoms with van der Waals surface area (Å²) in [4.78, 5) is 8.44. The van der Waals surface area contributed by atoms with E-state index in [2.05, 4.69) is 16.9 Å². The molecule has 0 amide bonds. The Morgan fingerprint density at radius 3 is 2.64 bits per heavy atom. The molecule has 14 heavy (non-hydrogen) atoms. The van der Waals surface area contributed by atoms with Gasteiger partial charge in [-0.25, -0.2) is 0 Å². The lowest BCUT2D eigenvalue weighted by atomic mass is 10.1. The number of nitrogens with zero attached hydrogens (tertiary/aromatic N) is 2. The smallest absolute Gasteiger partial charge is 0.0890 e. The zero-order valence-corrected chi connectivity index (χ0v) is 8.14. The van der Waals surface area contributed by atoms with E-state index >= 15 is 0 Å². The van der Waals surface area contributed by atoms with Crippen LogP contribution in [0.25, 0.3) is 11.0 Å². The number of rotatable bonds is 2. The summed E-state index contributed by atoms with van der Waals surface area (Å²) in [5, 5.41) is 0. The Kier molecular flexibility index (Phi) is 2.41. The normalized spacial score (nSPS) is 13.0. The average Bonchev–Trinajstić information content (AvgIpc) is 2.27. The van der Waals surface area contributed by atoms with Crippen LogP contribution in [0.3, 0.4) is 0 Å². The standard InChI is InChI=1S/C11H13N3/c1-2-9(12)8-3-4-10-11(7-8)14-6-5-13-10/h3-7,9H,2,12H2,1H3/t9-/m1/s1. The zero-order valence-electron chi connectivity index (χ0n) is 8.14. The molecule has 1 atom stereocenters. The molecule has 0 aliphatic heterocycles. The molecule has 0 bridgehead atoms. The van der Waals surface area contributed by atoms with Crippen LogP contribution < -0.4 is 5.73 Å². The van der Waals surface area contributed by atoms with Crippen LogP contribution in [0, 0.1) is 0 Å². The molecule has 0 unspecified atom stereocenters. The topological polar surface area (TPSA) is 51.8 Å². The fourth-order valence-electron chi connectivity index (χ4n) is 1.45. The molecule has 2 rings (SSSR count). The highest BCUT2D eigenvalue weighted by atomic mass is 14.8. The summed E-state index contributed by atoms with van der Waals surface area (Å²) >= 11 is 0. The molecule has 2 aromatic rings. The summed E-state index contributed by atoms with van der Waals surface area (Å²) in [6.07, 6.45) is 4.33. The van der Waals surface area contributed by atoms with E-state index in [4.69, 9.17) is 5.73 Å². The molecule has 0 aliphatic rings. The predicted octanol–water partition coefficient (Wildman–Crippen LogP) is 2.04. The second-order valence-electron chi connectivity index (χ2n) is 3.32. The van der Waals surface area contributed by atoms with Gasteiger partial charge in [-0.15, -0.1) is 0 Å². The molecule has 0 radical (unpaired) electrons. The summed E-state index contributed by atoms with van der Waals surface area (Å²) in [5.74, 6) is 0. The minimum atomic E-state index is 0.0985. The van der Waals surface area contributed by atoms with Gasteiger partial charge in [-0.05, 0) is 24.1 Å². The molecule has 2 N–H and O–H groups in total. The molecule has 1 aromatic carbocycles. The lowest BCUT2D eigenvalue weighted by molar-refractivity contribution is 0.699. The Morgan fingerprint density at radius 2 is 1.93 bits per heavy atom. The molecule has 1 heterocycles. The Labute approximate surface area is 83.0 Å². The van der Waals surface area contributed by atoms with Gasteiger partial charge in [-0.1, -0.05) is 13.0 Å². The maximum absolute atomic E-state index is 5.94.